The number of carboxylic acids is 1. The van der Waals surface area contributed by atoms with Gasteiger partial charge in [0.15, 0.2) is 0 Å². The standard InChI is InChI=1S/C11H14N2O3/c1-8(14)13-10-4-2-9(3-5-10)12-7-6-11(15)16/h2-5,12H,6-7H2,1H3,(H,13,14)(H,15,16). The van der Waals surface area contributed by atoms with Crippen LogP contribution in [0.3, 0.4) is 0 Å². The number of hydrogen-bond donors (Lipinski definition) is 3. The van der Waals surface area contributed by atoms with Crippen molar-refractivity contribution in [2.24, 2.45) is 0 Å². The molecule has 5 heteroatoms. The Morgan fingerprint density at radius 2 is 1.75 bits per heavy atom. The highest BCUT2D eigenvalue weighted by Crippen LogP contribution is 2.13. The molecule has 0 radical (unpaired) electrons. The summed E-state index contributed by atoms with van der Waals surface area (Å²) in [7, 11) is 0. The minimum absolute atomic E-state index is 0.0768. The molecule has 0 unspecified atom stereocenters. The van der Waals surface area contributed by atoms with Crippen LogP contribution in [0.25, 0.3) is 0 Å². The molecule has 86 valence electrons. The largest absolute Gasteiger partial charge is 0.481 e. The number of amides is 1. The molecule has 0 aliphatic carbocycles. The van der Waals surface area contributed by atoms with Gasteiger partial charge in [-0.05, 0) is 24.3 Å². The van der Waals surface area contributed by atoms with Crippen LogP contribution in [0.2, 0.25) is 0 Å². The van der Waals surface area contributed by atoms with Crippen molar-refractivity contribution in [3.63, 3.8) is 0 Å². The van der Waals surface area contributed by atoms with Gasteiger partial charge in [0, 0.05) is 24.8 Å². The van der Waals surface area contributed by atoms with Crippen LogP contribution in [0.5, 0.6) is 0 Å². The molecule has 0 aliphatic heterocycles. The zero-order valence-corrected chi connectivity index (χ0v) is 8.99. The van der Waals surface area contributed by atoms with Gasteiger partial charge in [0.2, 0.25) is 5.91 Å². The molecule has 0 aliphatic rings. The molecule has 0 atom stereocenters. The van der Waals surface area contributed by atoms with Crippen LogP contribution >= 0.6 is 0 Å². The molecular formula is C11H14N2O3. The molecule has 1 rings (SSSR count). The van der Waals surface area contributed by atoms with Crippen LogP contribution < -0.4 is 10.6 Å². The molecule has 1 amide bonds. The third-order valence-electron chi connectivity index (χ3n) is 1.87. The fourth-order valence-corrected chi connectivity index (χ4v) is 1.19. The average molecular weight is 222 g/mol. The highest BCUT2D eigenvalue weighted by Gasteiger charge is 1.98. The molecule has 0 saturated heterocycles. The van der Waals surface area contributed by atoms with Crippen LogP contribution in [0.1, 0.15) is 13.3 Å². The summed E-state index contributed by atoms with van der Waals surface area (Å²) >= 11 is 0. The third kappa shape index (κ3) is 4.45. The van der Waals surface area contributed by atoms with E-state index in [9.17, 15) is 9.59 Å². The number of carbonyl (C=O) groups is 2. The lowest BCUT2D eigenvalue weighted by atomic mass is 10.2. The Morgan fingerprint density at radius 1 is 1.19 bits per heavy atom. The van der Waals surface area contributed by atoms with Crippen molar-refractivity contribution >= 4 is 23.3 Å². The van der Waals surface area contributed by atoms with E-state index in [4.69, 9.17) is 5.11 Å². The van der Waals surface area contributed by atoms with Gasteiger partial charge in [-0.2, -0.15) is 0 Å². The van der Waals surface area contributed by atoms with Crippen molar-refractivity contribution in [2.45, 2.75) is 13.3 Å². The normalized spacial score (nSPS) is 9.56. The summed E-state index contributed by atoms with van der Waals surface area (Å²) in [4.78, 5) is 21.0. The second-order valence-electron chi connectivity index (χ2n) is 3.33. The van der Waals surface area contributed by atoms with Gasteiger partial charge in [-0.25, -0.2) is 0 Å². The first-order valence-electron chi connectivity index (χ1n) is 4.91. The minimum atomic E-state index is -0.831. The second kappa shape index (κ2) is 5.75. The summed E-state index contributed by atoms with van der Waals surface area (Å²) in [5, 5.41) is 14.1. The Balaban J connectivity index is 2.45. The highest BCUT2D eigenvalue weighted by molar-refractivity contribution is 5.88. The van der Waals surface area contributed by atoms with Crippen LogP contribution in [0, 0.1) is 0 Å². The molecular weight excluding hydrogens is 208 g/mol. The summed E-state index contributed by atoms with van der Waals surface area (Å²) in [5.41, 5.74) is 1.55. The zero-order valence-electron chi connectivity index (χ0n) is 8.99. The van der Waals surface area contributed by atoms with Gasteiger partial charge in [-0.15, -0.1) is 0 Å². The summed E-state index contributed by atoms with van der Waals surface area (Å²) in [6.07, 6.45) is 0.0768. The number of rotatable bonds is 5. The Labute approximate surface area is 93.5 Å². The smallest absolute Gasteiger partial charge is 0.305 e. The zero-order chi connectivity index (χ0) is 12.0. The SMILES string of the molecule is CC(=O)Nc1ccc(NCCC(=O)O)cc1. The molecule has 0 aromatic heterocycles. The summed E-state index contributed by atoms with van der Waals surface area (Å²) < 4.78 is 0. The van der Waals surface area contributed by atoms with Crippen LogP contribution in [0.15, 0.2) is 24.3 Å². The lowest BCUT2D eigenvalue weighted by molar-refractivity contribution is -0.136. The van der Waals surface area contributed by atoms with Crippen molar-refractivity contribution in [2.75, 3.05) is 17.2 Å². The molecule has 1 aromatic rings. The van der Waals surface area contributed by atoms with E-state index in [1.165, 1.54) is 6.92 Å². The van der Waals surface area contributed by atoms with Gasteiger partial charge >= 0.3 is 5.97 Å². The van der Waals surface area contributed by atoms with Crippen molar-refractivity contribution in [3.8, 4) is 0 Å². The second-order valence-corrected chi connectivity index (χ2v) is 3.33. The Morgan fingerprint density at radius 3 is 2.25 bits per heavy atom. The van der Waals surface area contributed by atoms with Gasteiger partial charge in [0.05, 0.1) is 6.42 Å². The molecule has 0 fully saturated rings. The van der Waals surface area contributed by atoms with E-state index in [1.807, 2.05) is 0 Å². The van der Waals surface area contributed by atoms with Gasteiger partial charge in [0.1, 0.15) is 0 Å². The van der Waals surface area contributed by atoms with E-state index in [0.29, 0.717) is 6.54 Å². The van der Waals surface area contributed by atoms with Crippen molar-refractivity contribution in [3.05, 3.63) is 24.3 Å². The Bertz CT molecular complexity index is 373. The molecule has 0 bridgehead atoms. The van der Waals surface area contributed by atoms with Gasteiger partial charge in [0.25, 0.3) is 0 Å². The average Bonchev–Trinajstić information content (AvgIpc) is 2.19. The topological polar surface area (TPSA) is 78.4 Å². The molecule has 1 aromatic carbocycles. The Hall–Kier alpha value is -2.04. The number of aliphatic carboxylic acids is 1. The number of carboxylic acid groups (broad SMARTS) is 1. The molecule has 3 N–H and O–H groups in total. The predicted octanol–water partition coefficient (Wildman–Crippen LogP) is 1.53. The maximum atomic E-state index is 10.8. The molecule has 0 heterocycles. The van der Waals surface area contributed by atoms with Gasteiger partial charge < -0.3 is 15.7 Å². The molecule has 0 spiro atoms. The van der Waals surface area contributed by atoms with E-state index < -0.39 is 5.97 Å². The lowest BCUT2D eigenvalue weighted by Crippen LogP contribution is -2.08. The number of anilines is 2. The fourth-order valence-electron chi connectivity index (χ4n) is 1.19. The number of nitrogens with one attached hydrogen (secondary N) is 2. The van der Waals surface area contributed by atoms with E-state index in [2.05, 4.69) is 10.6 Å². The lowest BCUT2D eigenvalue weighted by Gasteiger charge is -2.06. The van der Waals surface area contributed by atoms with Crippen molar-refractivity contribution in [1.29, 1.82) is 0 Å². The van der Waals surface area contributed by atoms with E-state index in [0.717, 1.165) is 11.4 Å². The van der Waals surface area contributed by atoms with Crippen molar-refractivity contribution < 1.29 is 14.7 Å². The van der Waals surface area contributed by atoms with E-state index >= 15 is 0 Å². The third-order valence-corrected chi connectivity index (χ3v) is 1.87. The first-order valence-corrected chi connectivity index (χ1v) is 4.91. The molecule has 0 saturated carbocycles. The summed E-state index contributed by atoms with van der Waals surface area (Å²) in [6, 6.07) is 7.08. The van der Waals surface area contributed by atoms with Crippen LogP contribution in [-0.2, 0) is 9.59 Å². The number of carbonyl (C=O) groups excluding carboxylic acids is 1. The molecule has 16 heavy (non-hydrogen) atoms. The first-order chi connectivity index (χ1) is 7.58. The fraction of sp³-hybridized carbons (Fsp3) is 0.273. The minimum Gasteiger partial charge on any atom is -0.481 e. The maximum Gasteiger partial charge on any atom is 0.305 e. The summed E-state index contributed by atoms with van der Waals surface area (Å²) in [5.74, 6) is -0.950. The monoisotopic (exact) mass is 222 g/mol. The molecule has 5 nitrogen and oxygen atoms in total. The van der Waals surface area contributed by atoms with E-state index in [-0.39, 0.29) is 12.3 Å². The maximum absolute atomic E-state index is 10.8. The highest BCUT2D eigenvalue weighted by atomic mass is 16.4. The quantitative estimate of drug-likeness (QED) is 0.706. The summed E-state index contributed by atoms with van der Waals surface area (Å²) in [6.45, 7) is 1.83. The number of benzene rings is 1. The predicted molar refractivity (Wildman–Crippen MR) is 61.5 cm³/mol. The van der Waals surface area contributed by atoms with Crippen molar-refractivity contribution in [1.82, 2.24) is 0 Å². The Kier molecular flexibility index (Phi) is 4.32. The van der Waals surface area contributed by atoms with Crippen LogP contribution in [-0.4, -0.2) is 23.5 Å². The van der Waals surface area contributed by atoms with Gasteiger partial charge in [-0.1, -0.05) is 0 Å². The van der Waals surface area contributed by atoms with Crippen LogP contribution in [0.4, 0.5) is 11.4 Å². The van der Waals surface area contributed by atoms with E-state index in [1.54, 1.807) is 24.3 Å². The number of hydrogen-bond acceptors (Lipinski definition) is 3. The van der Waals surface area contributed by atoms with Gasteiger partial charge in [-0.3, -0.25) is 9.59 Å². The first kappa shape index (κ1) is 12.0.